The maximum Gasteiger partial charge on any atom is 0.237 e. The van der Waals surface area contributed by atoms with Gasteiger partial charge in [0.1, 0.15) is 0 Å². The fraction of sp³-hybridized carbons (Fsp3) is 0.619. The Bertz CT molecular complexity index is 582. The van der Waals surface area contributed by atoms with Crippen molar-refractivity contribution in [1.29, 1.82) is 0 Å². The highest BCUT2D eigenvalue weighted by atomic mass is 16.2. The van der Waals surface area contributed by atoms with E-state index in [1.807, 2.05) is 18.2 Å². The van der Waals surface area contributed by atoms with E-state index in [9.17, 15) is 9.59 Å². The number of nitrogens with one attached hydrogen (secondary N) is 2. The normalized spacial score (nSPS) is 22.5. The molecule has 0 aromatic heterocycles. The third kappa shape index (κ3) is 5.56. The number of rotatable bonds is 6. The first kappa shape index (κ1) is 18.9. The smallest absolute Gasteiger partial charge is 0.237 e. The second-order valence-electron chi connectivity index (χ2n) is 7.54. The molecule has 5 nitrogen and oxygen atoms in total. The SMILES string of the molecule is O=C(CCN1CCNC(=O)[C@@H]1Cc1ccccc1)NC1CCCCCC1. The Kier molecular flexibility index (Phi) is 7.06. The van der Waals surface area contributed by atoms with E-state index < -0.39 is 0 Å². The Hall–Kier alpha value is -1.88. The molecule has 142 valence electrons. The first-order valence-electron chi connectivity index (χ1n) is 10.1. The molecule has 1 atom stereocenters. The summed E-state index contributed by atoms with van der Waals surface area (Å²) in [6, 6.07) is 10.3. The Morgan fingerprint density at radius 1 is 1.12 bits per heavy atom. The van der Waals surface area contributed by atoms with Crippen LogP contribution in [0.3, 0.4) is 0 Å². The van der Waals surface area contributed by atoms with Crippen molar-refractivity contribution in [2.24, 2.45) is 0 Å². The number of hydrogen-bond donors (Lipinski definition) is 2. The van der Waals surface area contributed by atoms with Crippen LogP contribution in [0.4, 0.5) is 0 Å². The highest BCUT2D eigenvalue weighted by Gasteiger charge is 2.30. The molecule has 2 fully saturated rings. The molecule has 1 aromatic rings. The van der Waals surface area contributed by atoms with Gasteiger partial charge in [-0.2, -0.15) is 0 Å². The van der Waals surface area contributed by atoms with E-state index in [2.05, 4.69) is 27.7 Å². The highest BCUT2D eigenvalue weighted by molar-refractivity contribution is 5.83. The van der Waals surface area contributed by atoms with Crippen molar-refractivity contribution in [3.8, 4) is 0 Å². The Morgan fingerprint density at radius 3 is 2.58 bits per heavy atom. The average Bonchev–Trinajstić information content (AvgIpc) is 2.92. The van der Waals surface area contributed by atoms with E-state index in [1.54, 1.807) is 0 Å². The summed E-state index contributed by atoms with van der Waals surface area (Å²) in [6.45, 7) is 2.11. The zero-order chi connectivity index (χ0) is 18.2. The van der Waals surface area contributed by atoms with Crippen molar-refractivity contribution in [3.63, 3.8) is 0 Å². The van der Waals surface area contributed by atoms with Crippen LogP contribution in [0.5, 0.6) is 0 Å². The third-order valence-electron chi connectivity index (χ3n) is 5.56. The lowest BCUT2D eigenvalue weighted by atomic mass is 10.0. The molecule has 0 radical (unpaired) electrons. The number of hydrogen-bond acceptors (Lipinski definition) is 3. The first-order valence-corrected chi connectivity index (χ1v) is 10.1. The molecule has 26 heavy (non-hydrogen) atoms. The molecule has 1 aliphatic carbocycles. The molecule has 1 saturated carbocycles. The summed E-state index contributed by atoms with van der Waals surface area (Å²) in [5.41, 5.74) is 1.16. The quantitative estimate of drug-likeness (QED) is 0.768. The minimum Gasteiger partial charge on any atom is -0.353 e. The topological polar surface area (TPSA) is 61.4 Å². The van der Waals surface area contributed by atoms with Gasteiger partial charge in [-0.1, -0.05) is 56.0 Å². The maximum absolute atomic E-state index is 12.4. The van der Waals surface area contributed by atoms with E-state index in [-0.39, 0.29) is 17.9 Å². The molecule has 0 unspecified atom stereocenters. The Morgan fingerprint density at radius 2 is 1.85 bits per heavy atom. The van der Waals surface area contributed by atoms with Crippen LogP contribution >= 0.6 is 0 Å². The Balaban J connectivity index is 1.51. The van der Waals surface area contributed by atoms with Crippen LogP contribution in [0.25, 0.3) is 0 Å². The van der Waals surface area contributed by atoms with Crippen molar-refractivity contribution in [3.05, 3.63) is 35.9 Å². The largest absolute Gasteiger partial charge is 0.353 e. The van der Waals surface area contributed by atoms with E-state index in [1.165, 1.54) is 25.7 Å². The second kappa shape index (κ2) is 9.72. The highest BCUT2D eigenvalue weighted by Crippen LogP contribution is 2.17. The van der Waals surface area contributed by atoms with Gasteiger partial charge in [0.2, 0.25) is 11.8 Å². The van der Waals surface area contributed by atoms with Gasteiger partial charge < -0.3 is 10.6 Å². The van der Waals surface area contributed by atoms with Gasteiger partial charge in [0.05, 0.1) is 6.04 Å². The van der Waals surface area contributed by atoms with Crippen LogP contribution in [0, 0.1) is 0 Å². The second-order valence-corrected chi connectivity index (χ2v) is 7.54. The van der Waals surface area contributed by atoms with Gasteiger partial charge >= 0.3 is 0 Å². The predicted octanol–water partition coefficient (Wildman–Crippen LogP) is 2.26. The monoisotopic (exact) mass is 357 g/mol. The van der Waals surface area contributed by atoms with Gasteiger partial charge in [0.25, 0.3) is 0 Å². The summed E-state index contributed by atoms with van der Waals surface area (Å²) >= 11 is 0. The zero-order valence-corrected chi connectivity index (χ0v) is 15.6. The van der Waals surface area contributed by atoms with Crippen molar-refractivity contribution in [1.82, 2.24) is 15.5 Å². The summed E-state index contributed by atoms with van der Waals surface area (Å²) in [4.78, 5) is 26.9. The fourth-order valence-corrected chi connectivity index (χ4v) is 4.06. The van der Waals surface area contributed by atoms with Gasteiger partial charge in [0, 0.05) is 32.1 Å². The summed E-state index contributed by atoms with van der Waals surface area (Å²) in [5, 5.41) is 6.17. The van der Waals surface area contributed by atoms with E-state index in [0.29, 0.717) is 32.0 Å². The summed E-state index contributed by atoms with van der Waals surface area (Å²) in [7, 11) is 0. The predicted molar refractivity (Wildman–Crippen MR) is 103 cm³/mol. The molecule has 1 aromatic carbocycles. The number of piperazine rings is 1. The first-order chi connectivity index (χ1) is 12.7. The minimum absolute atomic E-state index is 0.0734. The molecule has 2 N–H and O–H groups in total. The minimum atomic E-state index is -0.183. The van der Waals surface area contributed by atoms with Gasteiger partial charge in [0.15, 0.2) is 0 Å². The number of amides is 2. The zero-order valence-electron chi connectivity index (χ0n) is 15.6. The summed E-state index contributed by atoms with van der Waals surface area (Å²) in [6.07, 6.45) is 8.38. The molecular formula is C21H31N3O2. The standard InChI is InChI=1S/C21H31N3O2/c25-20(23-18-10-6-1-2-7-11-18)12-14-24-15-13-22-21(26)19(24)16-17-8-4-3-5-9-17/h3-5,8-9,18-19H,1-2,6-7,10-16H2,(H,22,26)(H,23,25)/t19-/m0/s1. The molecule has 2 amide bonds. The lowest BCUT2D eigenvalue weighted by Crippen LogP contribution is -2.56. The molecule has 1 saturated heterocycles. The van der Waals surface area contributed by atoms with Crippen LogP contribution in [-0.2, 0) is 16.0 Å². The Labute approximate surface area is 156 Å². The van der Waals surface area contributed by atoms with Crippen molar-refractivity contribution in [2.75, 3.05) is 19.6 Å². The number of carbonyl (C=O) groups excluding carboxylic acids is 2. The molecule has 0 bridgehead atoms. The maximum atomic E-state index is 12.4. The van der Waals surface area contributed by atoms with Crippen LogP contribution in [0.15, 0.2) is 30.3 Å². The van der Waals surface area contributed by atoms with Crippen LogP contribution in [0.2, 0.25) is 0 Å². The molecular weight excluding hydrogens is 326 g/mol. The summed E-state index contributed by atoms with van der Waals surface area (Å²) in [5.74, 6) is 0.200. The van der Waals surface area contributed by atoms with Gasteiger partial charge in [-0.25, -0.2) is 0 Å². The molecule has 3 rings (SSSR count). The molecule has 1 heterocycles. The fourth-order valence-electron chi connectivity index (χ4n) is 4.06. The van der Waals surface area contributed by atoms with Gasteiger partial charge in [-0.05, 0) is 24.8 Å². The third-order valence-corrected chi connectivity index (χ3v) is 5.56. The molecule has 1 aliphatic heterocycles. The van der Waals surface area contributed by atoms with Crippen molar-refractivity contribution < 1.29 is 9.59 Å². The number of carbonyl (C=O) groups is 2. The van der Waals surface area contributed by atoms with Gasteiger partial charge in [-0.3, -0.25) is 14.5 Å². The average molecular weight is 357 g/mol. The molecule has 2 aliphatic rings. The van der Waals surface area contributed by atoms with Crippen molar-refractivity contribution >= 4 is 11.8 Å². The summed E-state index contributed by atoms with van der Waals surface area (Å²) < 4.78 is 0. The van der Waals surface area contributed by atoms with Gasteiger partial charge in [-0.15, -0.1) is 0 Å². The van der Waals surface area contributed by atoms with E-state index in [4.69, 9.17) is 0 Å². The lowest BCUT2D eigenvalue weighted by Gasteiger charge is -2.35. The lowest BCUT2D eigenvalue weighted by molar-refractivity contribution is -0.130. The van der Waals surface area contributed by atoms with Crippen LogP contribution in [0.1, 0.15) is 50.5 Å². The van der Waals surface area contributed by atoms with Crippen molar-refractivity contribution in [2.45, 2.75) is 63.5 Å². The number of nitrogens with zero attached hydrogens (tertiary/aromatic N) is 1. The number of benzene rings is 1. The van der Waals surface area contributed by atoms with E-state index >= 15 is 0 Å². The molecule has 0 spiro atoms. The van der Waals surface area contributed by atoms with E-state index in [0.717, 1.165) is 24.9 Å². The molecule has 5 heteroatoms. The van der Waals surface area contributed by atoms with Crippen LogP contribution in [-0.4, -0.2) is 48.4 Å². The van der Waals surface area contributed by atoms with Crippen LogP contribution < -0.4 is 10.6 Å².